The number of rotatable bonds is 2. The van der Waals surface area contributed by atoms with Gasteiger partial charge in [-0.25, -0.2) is 9.97 Å². The third kappa shape index (κ3) is 2.68. The van der Waals surface area contributed by atoms with Gasteiger partial charge in [-0.3, -0.25) is 0 Å². The van der Waals surface area contributed by atoms with Crippen LogP contribution in [-0.2, 0) is 6.42 Å². The summed E-state index contributed by atoms with van der Waals surface area (Å²) >= 11 is 5.58. The Morgan fingerprint density at radius 3 is 3.00 bits per heavy atom. The van der Waals surface area contributed by atoms with Crippen molar-refractivity contribution in [3.8, 4) is 0 Å². The van der Waals surface area contributed by atoms with Crippen molar-refractivity contribution in [1.29, 1.82) is 0 Å². The zero-order valence-corrected chi connectivity index (χ0v) is 7.10. The highest BCUT2D eigenvalue weighted by Gasteiger charge is 1.95. The van der Waals surface area contributed by atoms with Gasteiger partial charge < -0.3 is 0 Å². The van der Waals surface area contributed by atoms with Crippen molar-refractivity contribution in [3.63, 3.8) is 0 Å². The summed E-state index contributed by atoms with van der Waals surface area (Å²) in [5.74, 6) is 0. The Morgan fingerprint density at radius 2 is 2.45 bits per heavy atom. The minimum absolute atomic E-state index is 0.295. The van der Waals surface area contributed by atoms with E-state index in [1.165, 1.54) is 0 Å². The van der Waals surface area contributed by atoms with E-state index >= 15 is 0 Å². The smallest absolute Gasteiger partial charge is 0.222 e. The number of hydrogen-bond donors (Lipinski definition) is 0. The van der Waals surface area contributed by atoms with Crippen LogP contribution in [-0.4, -0.2) is 9.97 Å². The average Bonchev–Trinajstić information content (AvgIpc) is 1.85. The fourth-order valence-corrected chi connectivity index (χ4v) is 0.942. The first kappa shape index (κ1) is 8.21. The van der Waals surface area contributed by atoms with E-state index in [0.717, 1.165) is 17.7 Å². The van der Waals surface area contributed by atoms with Gasteiger partial charge in [-0.15, -0.1) is 0 Å². The van der Waals surface area contributed by atoms with Gasteiger partial charge in [0.05, 0.1) is 0 Å². The van der Waals surface area contributed by atoms with Crippen molar-refractivity contribution >= 4 is 11.6 Å². The van der Waals surface area contributed by atoms with Gasteiger partial charge in [0.15, 0.2) is 0 Å². The third-order valence-corrected chi connectivity index (χ3v) is 1.35. The molecule has 0 N–H and O–H groups in total. The maximum absolute atomic E-state index is 5.58. The lowest BCUT2D eigenvalue weighted by Gasteiger charge is -1.97. The Kier molecular flexibility index (Phi) is 2.60. The number of halogens is 1. The maximum Gasteiger partial charge on any atom is 0.222 e. The zero-order chi connectivity index (χ0) is 8.27. The quantitative estimate of drug-likeness (QED) is 0.500. The molecule has 0 bridgehead atoms. The van der Waals surface area contributed by atoms with E-state index in [2.05, 4.69) is 16.5 Å². The Bertz CT molecular complexity index is 271. The molecule has 0 amide bonds. The largest absolute Gasteiger partial charge is 0.227 e. The predicted octanol–water partition coefficient (Wildman–Crippen LogP) is 2.25. The highest BCUT2D eigenvalue weighted by molar-refractivity contribution is 6.28. The van der Waals surface area contributed by atoms with Crippen molar-refractivity contribution in [2.75, 3.05) is 0 Å². The van der Waals surface area contributed by atoms with Crippen LogP contribution >= 0.6 is 11.6 Å². The van der Waals surface area contributed by atoms with Crippen LogP contribution in [0.15, 0.2) is 24.4 Å². The van der Waals surface area contributed by atoms with Crippen LogP contribution in [0.25, 0.3) is 0 Å². The molecule has 0 atom stereocenters. The van der Waals surface area contributed by atoms with Crippen LogP contribution in [0.1, 0.15) is 12.6 Å². The van der Waals surface area contributed by atoms with Crippen LogP contribution in [0.2, 0.25) is 5.28 Å². The molecule has 0 fully saturated rings. The first-order valence-corrected chi connectivity index (χ1v) is 3.68. The molecule has 1 rings (SSSR count). The Balaban J connectivity index is 2.79. The number of allylic oxidation sites excluding steroid dienone is 1. The van der Waals surface area contributed by atoms with Crippen molar-refractivity contribution in [2.24, 2.45) is 0 Å². The monoisotopic (exact) mass is 168 g/mol. The van der Waals surface area contributed by atoms with Crippen molar-refractivity contribution in [1.82, 2.24) is 9.97 Å². The third-order valence-electron chi connectivity index (χ3n) is 1.17. The van der Waals surface area contributed by atoms with Crippen LogP contribution in [0.3, 0.4) is 0 Å². The van der Waals surface area contributed by atoms with Crippen LogP contribution in [0.5, 0.6) is 0 Å². The van der Waals surface area contributed by atoms with Crippen molar-refractivity contribution in [2.45, 2.75) is 13.3 Å². The molecular weight excluding hydrogens is 160 g/mol. The van der Waals surface area contributed by atoms with Gasteiger partial charge >= 0.3 is 0 Å². The Hall–Kier alpha value is -0.890. The van der Waals surface area contributed by atoms with E-state index < -0.39 is 0 Å². The second-order valence-corrected chi connectivity index (χ2v) is 2.79. The minimum atomic E-state index is 0.295. The van der Waals surface area contributed by atoms with E-state index in [1.807, 2.05) is 13.0 Å². The molecule has 1 aromatic heterocycles. The summed E-state index contributed by atoms with van der Waals surface area (Å²) in [6, 6.07) is 1.83. The lowest BCUT2D eigenvalue weighted by molar-refractivity contribution is 1.01. The molecule has 0 aliphatic rings. The second-order valence-electron chi connectivity index (χ2n) is 2.45. The van der Waals surface area contributed by atoms with Gasteiger partial charge in [0.1, 0.15) is 0 Å². The Morgan fingerprint density at radius 1 is 1.73 bits per heavy atom. The standard InChI is InChI=1S/C8H9ClN2/c1-6(2)5-7-3-4-10-8(9)11-7/h3-4H,1,5H2,2H3. The predicted molar refractivity (Wildman–Crippen MR) is 45.6 cm³/mol. The van der Waals surface area contributed by atoms with Crippen LogP contribution in [0, 0.1) is 0 Å². The summed E-state index contributed by atoms with van der Waals surface area (Å²) < 4.78 is 0. The molecule has 0 radical (unpaired) electrons. The normalized spacial score (nSPS) is 9.64. The maximum atomic E-state index is 5.58. The number of aromatic nitrogens is 2. The summed E-state index contributed by atoms with van der Waals surface area (Å²) in [5.41, 5.74) is 1.98. The highest BCUT2D eigenvalue weighted by Crippen LogP contribution is 2.04. The first-order valence-electron chi connectivity index (χ1n) is 3.30. The molecular formula is C8H9ClN2. The molecule has 3 heteroatoms. The fraction of sp³-hybridized carbons (Fsp3) is 0.250. The van der Waals surface area contributed by atoms with Crippen molar-refractivity contribution in [3.05, 3.63) is 35.4 Å². The van der Waals surface area contributed by atoms with Crippen molar-refractivity contribution < 1.29 is 0 Å². The first-order chi connectivity index (χ1) is 5.18. The zero-order valence-electron chi connectivity index (χ0n) is 6.34. The summed E-state index contributed by atoms with van der Waals surface area (Å²) in [4.78, 5) is 7.78. The van der Waals surface area contributed by atoms with E-state index in [-0.39, 0.29) is 0 Å². The molecule has 0 aliphatic carbocycles. The molecule has 0 unspecified atom stereocenters. The van der Waals surface area contributed by atoms with E-state index in [0.29, 0.717) is 5.28 Å². The molecule has 2 nitrogen and oxygen atoms in total. The number of hydrogen-bond acceptors (Lipinski definition) is 2. The molecule has 0 saturated carbocycles. The lowest BCUT2D eigenvalue weighted by Crippen LogP contribution is -1.91. The Labute approximate surface area is 70.9 Å². The molecule has 0 saturated heterocycles. The van der Waals surface area contributed by atoms with Crippen LogP contribution < -0.4 is 0 Å². The SMILES string of the molecule is C=C(C)Cc1ccnc(Cl)n1. The van der Waals surface area contributed by atoms with E-state index in [4.69, 9.17) is 11.6 Å². The molecule has 1 aromatic rings. The van der Waals surface area contributed by atoms with E-state index in [1.54, 1.807) is 6.20 Å². The van der Waals surface area contributed by atoms with Gasteiger partial charge in [-0.2, -0.15) is 0 Å². The molecule has 0 aromatic carbocycles. The van der Waals surface area contributed by atoms with Gasteiger partial charge in [0.25, 0.3) is 0 Å². The highest BCUT2D eigenvalue weighted by atomic mass is 35.5. The van der Waals surface area contributed by atoms with Gasteiger partial charge in [0, 0.05) is 18.3 Å². The summed E-state index contributed by atoms with van der Waals surface area (Å²) in [7, 11) is 0. The fourth-order valence-electron chi connectivity index (χ4n) is 0.777. The average molecular weight is 169 g/mol. The summed E-state index contributed by atoms with van der Waals surface area (Å²) in [6.45, 7) is 5.73. The molecule has 1 heterocycles. The molecule has 0 aliphatic heterocycles. The van der Waals surface area contributed by atoms with Gasteiger partial charge in [-0.1, -0.05) is 12.2 Å². The number of nitrogens with zero attached hydrogens (tertiary/aromatic N) is 2. The molecule has 58 valence electrons. The van der Waals surface area contributed by atoms with Gasteiger partial charge in [-0.05, 0) is 24.6 Å². The van der Waals surface area contributed by atoms with Crippen LogP contribution in [0.4, 0.5) is 0 Å². The summed E-state index contributed by atoms with van der Waals surface area (Å²) in [5, 5.41) is 0.295. The molecule has 11 heavy (non-hydrogen) atoms. The second kappa shape index (κ2) is 3.49. The molecule has 0 spiro atoms. The summed E-state index contributed by atoms with van der Waals surface area (Å²) in [6.07, 6.45) is 2.41. The van der Waals surface area contributed by atoms with Gasteiger partial charge in [0.2, 0.25) is 5.28 Å². The lowest BCUT2D eigenvalue weighted by atomic mass is 10.2. The topological polar surface area (TPSA) is 25.8 Å². The van der Waals surface area contributed by atoms with E-state index in [9.17, 15) is 0 Å². The minimum Gasteiger partial charge on any atom is -0.227 e.